The van der Waals surface area contributed by atoms with E-state index in [4.69, 9.17) is 0 Å². The van der Waals surface area contributed by atoms with Crippen molar-refractivity contribution in [2.45, 2.75) is 64.3 Å². The molecule has 1 aliphatic heterocycles. The molecule has 0 aromatic carbocycles. The number of nitrogens with one attached hydrogen (secondary N) is 1. The highest BCUT2D eigenvalue weighted by molar-refractivity contribution is 5.94. The zero-order valence-electron chi connectivity index (χ0n) is 23.0. The number of hydrogen-bond acceptors (Lipinski definition) is 4. The second-order valence-corrected chi connectivity index (χ2v) is 9.47. The molecule has 1 aliphatic carbocycles. The summed E-state index contributed by atoms with van der Waals surface area (Å²) in [6.07, 6.45) is 35.5. The Balaban J connectivity index is 1.45. The fraction of sp³-hybridized carbons (Fsp3) is 0.469. The third kappa shape index (κ3) is 12.7. The van der Waals surface area contributed by atoms with Crippen molar-refractivity contribution in [3.63, 3.8) is 0 Å². The predicted molar refractivity (Wildman–Crippen MR) is 154 cm³/mol. The minimum absolute atomic E-state index is 0.0624. The second-order valence-electron chi connectivity index (χ2n) is 9.47. The number of allylic oxidation sites excluding steroid dienone is 12. The van der Waals surface area contributed by atoms with Crippen molar-refractivity contribution in [3.8, 4) is 0 Å². The first-order valence-electron chi connectivity index (χ1n) is 13.8. The molecule has 0 radical (unpaired) electrons. The van der Waals surface area contributed by atoms with Crippen molar-refractivity contribution in [2.24, 2.45) is 11.8 Å². The minimum atomic E-state index is -0.542. The highest BCUT2D eigenvalue weighted by Gasteiger charge is 2.57. The summed E-state index contributed by atoms with van der Waals surface area (Å²) in [5.74, 6) is -0.0296. The Kier molecular flexibility index (Phi) is 15.2. The number of fused-ring (bicyclic) bond motifs is 1. The Bertz CT molecular complexity index is 943. The van der Waals surface area contributed by atoms with Gasteiger partial charge in [-0.25, -0.2) is 4.79 Å². The molecule has 0 bridgehead atoms. The van der Waals surface area contributed by atoms with Gasteiger partial charge in [0.1, 0.15) is 0 Å². The number of nitrogens with zero attached hydrogens (tertiary/aromatic N) is 1. The first kappa shape index (κ1) is 30.8. The highest BCUT2D eigenvalue weighted by Crippen LogP contribution is 2.45. The minimum Gasteiger partial charge on any atom is -0.466 e. The molecule has 206 valence electrons. The van der Waals surface area contributed by atoms with E-state index in [0.717, 1.165) is 51.0 Å². The maximum absolute atomic E-state index is 12.2. The molecular weight excluding hydrogens is 476 g/mol. The highest BCUT2D eigenvalue weighted by atomic mass is 16.5. The lowest BCUT2D eigenvalue weighted by molar-refractivity contribution is -0.135. The smallest absolute Gasteiger partial charge is 0.330 e. The Labute approximate surface area is 228 Å². The summed E-state index contributed by atoms with van der Waals surface area (Å²) < 4.78 is 4.50. The lowest BCUT2D eigenvalue weighted by Crippen LogP contribution is -2.36. The van der Waals surface area contributed by atoms with Crippen molar-refractivity contribution in [2.75, 3.05) is 20.2 Å². The van der Waals surface area contributed by atoms with Gasteiger partial charge in [0.05, 0.1) is 7.11 Å². The monoisotopic (exact) mass is 520 g/mol. The molecule has 1 saturated heterocycles. The van der Waals surface area contributed by atoms with E-state index < -0.39 is 5.97 Å². The van der Waals surface area contributed by atoms with E-state index in [1.54, 1.807) is 4.90 Å². The van der Waals surface area contributed by atoms with Gasteiger partial charge in [0, 0.05) is 49.5 Å². The molecule has 1 saturated carbocycles. The van der Waals surface area contributed by atoms with Crippen LogP contribution in [-0.4, -0.2) is 48.9 Å². The number of methoxy groups -OCH3 is 1. The Morgan fingerprint density at radius 3 is 1.68 bits per heavy atom. The molecule has 38 heavy (non-hydrogen) atoms. The zero-order valence-corrected chi connectivity index (χ0v) is 23.0. The summed E-state index contributed by atoms with van der Waals surface area (Å²) in [6.45, 7) is 3.38. The van der Waals surface area contributed by atoms with E-state index in [1.807, 2.05) is 0 Å². The van der Waals surface area contributed by atoms with E-state index in [0.29, 0.717) is 31.3 Å². The van der Waals surface area contributed by atoms with Gasteiger partial charge in [-0.2, -0.15) is 0 Å². The van der Waals surface area contributed by atoms with Crippen molar-refractivity contribution in [1.82, 2.24) is 10.2 Å². The van der Waals surface area contributed by atoms with E-state index >= 15 is 0 Å². The van der Waals surface area contributed by atoms with Crippen LogP contribution in [0.15, 0.2) is 85.1 Å². The maximum Gasteiger partial charge on any atom is 0.330 e. The normalized spacial score (nSPS) is 21.3. The zero-order chi connectivity index (χ0) is 27.4. The van der Waals surface area contributed by atoms with Crippen LogP contribution in [0.2, 0.25) is 0 Å². The van der Waals surface area contributed by atoms with Gasteiger partial charge in [0.25, 0.3) is 0 Å². The average molecular weight is 521 g/mol. The summed E-state index contributed by atoms with van der Waals surface area (Å²) in [5, 5.41) is 3.10. The van der Waals surface area contributed by atoms with E-state index in [9.17, 15) is 14.4 Å². The van der Waals surface area contributed by atoms with Crippen molar-refractivity contribution >= 4 is 17.8 Å². The van der Waals surface area contributed by atoms with Gasteiger partial charge < -0.3 is 15.0 Å². The topological polar surface area (TPSA) is 75.7 Å². The molecule has 0 aromatic heterocycles. The number of esters is 1. The molecule has 2 unspecified atom stereocenters. The maximum atomic E-state index is 12.2. The summed E-state index contributed by atoms with van der Waals surface area (Å²) in [6, 6.07) is 0.168. The number of likely N-dealkylation sites (tertiary alicyclic amines) is 1. The van der Waals surface area contributed by atoms with Crippen LogP contribution in [0.4, 0.5) is 0 Å². The first-order chi connectivity index (χ1) is 18.6. The third-order valence-corrected chi connectivity index (χ3v) is 6.53. The molecule has 2 amide bonds. The summed E-state index contributed by atoms with van der Waals surface area (Å²) >= 11 is 0. The Morgan fingerprint density at radius 1 is 0.737 bits per heavy atom. The molecule has 2 rings (SSSR count). The van der Waals surface area contributed by atoms with Crippen LogP contribution in [0.1, 0.15) is 58.3 Å². The largest absolute Gasteiger partial charge is 0.466 e. The number of piperidine rings is 1. The van der Waals surface area contributed by atoms with E-state index in [2.05, 4.69) is 89.9 Å². The van der Waals surface area contributed by atoms with Crippen LogP contribution >= 0.6 is 0 Å². The van der Waals surface area contributed by atoms with E-state index in [-0.39, 0.29) is 17.9 Å². The number of carbonyl (C=O) groups excluding carboxylic acids is 3. The van der Waals surface area contributed by atoms with Gasteiger partial charge in [0.2, 0.25) is 11.8 Å². The van der Waals surface area contributed by atoms with Gasteiger partial charge in [-0.05, 0) is 44.9 Å². The predicted octanol–water partition coefficient (Wildman–Crippen LogP) is 5.77. The molecule has 2 aliphatic rings. The molecule has 6 nitrogen and oxygen atoms in total. The lowest BCUT2D eigenvalue weighted by Gasteiger charge is -2.18. The Morgan fingerprint density at radius 2 is 1.21 bits per heavy atom. The number of carbonyl (C=O) groups is 3. The summed E-state index contributed by atoms with van der Waals surface area (Å²) in [5.41, 5.74) is 0. The quantitative estimate of drug-likeness (QED) is 0.150. The molecule has 0 aromatic rings. The van der Waals surface area contributed by atoms with Crippen LogP contribution in [0, 0.1) is 11.8 Å². The lowest BCUT2D eigenvalue weighted by atomic mass is 10.2. The van der Waals surface area contributed by atoms with Crippen LogP contribution in [0.5, 0.6) is 0 Å². The fourth-order valence-corrected chi connectivity index (χ4v) is 4.35. The first-order valence-corrected chi connectivity index (χ1v) is 13.8. The molecular formula is C32H44N2O4. The van der Waals surface area contributed by atoms with Gasteiger partial charge >= 0.3 is 5.97 Å². The van der Waals surface area contributed by atoms with Crippen molar-refractivity contribution in [3.05, 3.63) is 85.1 Å². The van der Waals surface area contributed by atoms with Crippen LogP contribution in [0.25, 0.3) is 0 Å². The molecule has 1 heterocycles. The standard InChI is InChI=1S/C32H44N2O4/c1-3-4-5-6-7-8-9-10-11-12-13-14-15-16-17-18-19-20-21-22-29(35)33-32-27-25-34(26-28(27)32)30(36)23-24-31(37)38-2/h4-5,7-8,10-11,13-14,16-17,19-20,23-24,27-28,32H,3,6,9,12,15,18,21-22,25-26H2,1-2H3,(H,33,35)/b5-4-,8-7-,11-10-,14-13-,17-16-,20-19-,24-23+. The van der Waals surface area contributed by atoms with Crippen LogP contribution < -0.4 is 5.32 Å². The average Bonchev–Trinajstić information content (AvgIpc) is 3.33. The Hall–Kier alpha value is -3.41. The molecule has 1 N–H and O–H groups in total. The van der Waals surface area contributed by atoms with Gasteiger partial charge in [-0.15, -0.1) is 0 Å². The number of rotatable bonds is 17. The van der Waals surface area contributed by atoms with Gasteiger partial charge in [-0.3, -0.25) is 9.59 Å². The SMILES string of the molecule is CC/C=C\C/C=C\C/C=C\C/C=C\C/C=C\C/C=C\CCC(=O)NC1C2CN(C(=O)/C=C/C(=O)OC)CC21. The third-order valence-electron chi connectivity index (χ3n) is 6.53. The summed E-state index contributed by atoms with van der Waals surface area (Å²) in [7, 11) is 1.28. The molecule has 6 heteroatoms. The number of hydrogen-bond donors (Lipinski definition) is 1. The molecule has 2 atom stereocenters. The number of amides is 2. The van der Waals surface area contributed by atoms with Crippen LogP contribution in [-0.2, 0) is 19.1 Å². The second kappa shape index (κ2) is 18.8. The van der Waals surface area contributed by atoms with Gasteiger partial charge in [0.15, 0.2) is 0 Å². The van der Waals surface area contributed by atoms with Crippen molar-refractivity contribution in [1.29, 1.82) is 0 Å². The fourth-order valence-electron chi connectivity index (χ4n) is 4.35. The van der Waals surface area contributed by atoms with Crippen LogP contribution in [0.3, 0.4) is 0 Å². The number of ether oxygens (including phenoxy) is 1. The molecule has 2 fully saturated rings. The summed E-state index contributed by atoms with van der Waals surface area (Å²) in [4.78, 5) is 37.1. The van der Waals surface area contributed by atoms with Crippen molar-refractivity contribution < 1.29 is 19.1 Å². The molecule has 0 spiro atoms. The van der Waals surface area contributed by atoms with E-state index in [1.165, 1.54) is 13.2 Å². The van der Waals surface area contributed by atoms with Gasteiger partial charge in [-0.1, -0.05) is 79.8 Å².